The summed E-state index contributed by atoms with van der Waals surface area (Å²) in [5, 5.41) is 18.2. The normalized spacial score (nSPS) is 40.2. The molecule has 2 aliphatic rings. The number of ether oxygens (including phenoxy) is 1. The highest BCUT2D eigenvalue weighted by Crippen LogP contribution is 2.32. The molecule has 3 N–H and O–H groups in total. The standard InChI is InChI=1S/C13H22O6S/c14-9-2-1-3-10(6-9)19-11-4-8(13(15)16)5-12(7-11)20(17)18/h8-12,14H,1-7H2,(H,15,16)(H,17,18). The molecule has 6 atom stereocenters. The lowest BCUT2D eigenvalue weighted by molar-refractivity contribution is -0.146. The molecular formula is C13H22O6S. The van der Waals surface area contributed by atoms with Crippen molar-refractivity contribution in [1.29, 1.82) is 0 Å². The van der Waals surface area contributed by atoms with E-state index in [9.17, 15) is 18.7 Å². The lowest BCUT2D eigenvalue weighted by Gasteiger charge is -2.35. The molecule has 0 aromatic heterocycles. The minimum atomic E-state index is -2.02. The van der Waals surface area contributed by atoms with Gasteiger partial charge in [-0.25, -0.2) is 4.21 Å². The van der Waals surface area contributed by atoms with Crippen LogP contribution in [0.2, 0.25) is 0 Å². The van der Waals surface area contributed by atoms with Gasteiger partial charge in [0.2, 0.25) is 0 Å². The Bertz CT molecular complexity index is 352. The Hall–Kier alpha value is -0.500. The van der Waals surface area contributed by atoms with Crippen molar-refractivity contribution in [2.45, 2.75) is 68.5 Å². The summed E-state index contributed by atoms with van der Waals surface area (Å²) < 4.78 is 26.4. The van der Waals surface area contributed by atoms with Gasteiger partial charge >= 0.3 is 5.97 Å². The van der Waals surface area contributed by atoms with Crippen LogP contribution in [-0.2, 0) is 20.6 Å². The molecule has 2 rings (SSSR count). The monoisotopic (exact) mass is 306 g/mol. The largest absolute Gasteiger partial charge is 0.481 e. The van der Waals surface area contributed by atoms with Gasteiger partial charge in [0.1, 0.15) is 0 Å². The van der Waals surface area contributed by atoms with Crippen molar-refractivity contribution in [1.82, 2.24) is 0 Å². The van der Waals surface area contributed by atoms with E-state index in [1.807, 2.05) is 0 Å². The van der Waals surface area contributed by atoms with Crippen molar-refractivity contribution >= 4 is 17.0 Å². The van der Waals surface area contributed by atoms with E-state index in [1.165, 1.54) is 0 Å². The average molecular weight is 306 g/mol. The van der Waals surface area contributed by atoms with Crippen LogP contribution >= 0.6 is 0 Å². The highest BCUT2D eigenvalue weighted by atomic mass is 32.2. The second-order valence-corrected chi connectivity index (χ2v) is 7.06. The van der Waals surface area contributed by atoms with Crippen molar-refractivity contribution in [3.8, 4) is 0 Å². The summed E-state index contributed by atoms with van der Waals surface area (Å²) in [6, 6.07) is 0. The number of aliphatic hydroxyl groups is 1. The van der Waals surface area contributed by atoms with E-state index in [-0.39, 0.29) is 24.7 Å². The van der Waals surface area contributed by atoms with Crippen molar-refractivity contribution in [2.75, 3.05) is 0 Å². The van der Waals surface area contributed by atoms with E-state index in [0.717, 1.165) is 19.3 Å². The SMILES string of the molecule is O=C(O)C1CC(OC2CCCC(O)C2)CC(S(=O)O)C1. The highest BCUT2D eigenvalue weighted by molar-refractivity contribution is 7.79. The van der Waals surface area contributed by atoms with E-state index in [4.69, 9.17) is 9.84 Å². The minimum absolute atomic E-state index is 0.0657. The Labute approximate surface area is 120 Å². The number of hydrogen-bond donors (Lipinski definition) is 3. The van der Waals surface area contributed by atoms with Gasteiger partial charge in [0.05, 0.1) is 29.5 Å². The van der Waals surface area contributed by atoms with Gasteiger partial charge < -0.3 is 19.5 Å². The summed E-state index contributed by atoms with van der Waals surface area (Å²) >= 11 is -2.02. The molecular weight excluding hydrogens is 284 g/mol. The topological polar surface area (TPSA) is 104 Å². The van der Waals surface area contributed by atoms with Crippen LogP contribution in [0.15, 0.2) is 0 Å². The minimum Gasteiger partial charge on any atom is -0.481 e. The molecule has 6 nitrogen and oxygen atoms in total. The van der Waals surface area contributed by atoms with Gasteiger partial charge in [-0.15, -0.1) is 0 Å². The fraction of sp³-hybridized carbons (Fsp3) is 0.923. The zero-order chi connectivity index (χ0) is 14.7. The predicted octanol–water partition coefficient (Wildman–Crippen LogP) is 1.15. The van der Waals surface area contributed by atoms with Crippen LogP contribution in [0.1, 0.15) is 44.9 Å². The molecule has 2 fully saturated rings. The van der Waals surface area contributed by atoms with E-state index < -0.39 is 28.2 Å². The summed E-state index contributed by atoms with van der Waals surface area (Å²) in [5.74, 6) is -1.55. The Balaban J connectivity index is 1.95. The van der Waals surface area contributed by atoms with Gasteiger partial charge in [-0.3, -0.25) is 4.79 Å². The molecule has 2 aliphatic carbocycles. The Morgan fingerprint density at radius 2 is 1.85 bits per heavy atom. The van der Waals surface area contributed by atoms with Gasteiger partial charge in [-0.05, 0) is 44.9 Å². The third kappa shape index (κ3) is 4.25. The number of carboxylic acids is 1. The summed E-state index contributed by atoms with van der Waals surface area (Å²) in [7, 11) is 0. The number of aliphatic hydroxyl groups excluding tert-OH is 1. The molecule has 0 aromatic rings. The average Bonchev–Trinajstić information content (AvgIpc) is 2.38. The van der Waals surface area contributed by atoms with Crippen molar-refractivity contribution in [2.24, 2.45) is 5.92 Å². The quantitative estimate of drug-likeness (QED) is 0.673. The van der Waals surface area contributed by atoms with Crippen molar-refractivity contribution in [3.63, 3.8) is 0 Å². The molecule has 0 spiro atoms. The van der Waals surface area contributed by atoms with Crippen LogP contribution in [0.5, 0.6) is 0 Å². The third-order valence-corrected chi connectivity index (χ3v) is 5.19. The van der Waals surface area contributed by atoms with Crippen LogP contribution in [0, 0.1) is 5.92 Å². The zero-order valence-corrected chi connectivity index (χ0v) is 12.1. The molecule has 6 unspecified atom stereocenters. The van der Waals surface area contributed by atoms with Gasteiger partial charge in [0.15, 0.2) is 11.1 Å². The molecule has 2 saturated carbocycles. The number of hydrogen-bond acceptors (Lipinski definition) is 4. The molecule has 20 heavy (non-hydrogen) atoms. The Kier molecular flexibility index (Phi) is 5.54. The Morgan fingerprint density at radius 1 is 1.10 bits per heavy atom. The summed E-state index contributed by atoms with van der Waals surface area (Å²) in [4.78, 5) is 11.1. The van der Waals surface area contributed by atoms with Gasteiger partial charge in [0, 0.05) is 0 Å². The van der Waals surface area contributed by atoms with Crippen LogP contribution in [0.25, 0.3) is 0 Å². The maximum absolute atomic E-state index is 11.2. The summed E-state index contributed by atoms with van der Waals surface area (Å²) in [6.07, 6.45) is 3.42. The summed E-state index contributed by atoms with van der Waals surface area (Å²) in [6.45, 7) is 0. The van der Waals surface area contributed by atoms with E-state index in [0.29, 0.717) is 19.3 Å². The first-order valence-electron chi connectivity index (χ1n) is 7.11. The number of rotatable bonds is 4. The predicted molar refractivity (Wildman–Crippen MR) is 72.7 cm³/mol. The molecule has 0 heterocycles. The Morgan fingerprint density at radius 3 is 2.45 bits per heavy atom. The second-order valence-electron chi connectivity index (χ2n) is 5.84. The van der Waals surface area contributed by atoms with Crippen molar-refractivity contribution < 1.29 is 28.5 Å². The molecule has 0 aliphatic heterocycles. The fourth-order valence-electron chi connectivity index (χ4n) is 3.21. The van der Waals surface area contributed by atoms with E-state index in [2.05, 4.69) is 0 Å². The number of carboxylic acid groups (broad SMARTS) is 1. The lowest BCUT2D eigenvalue weighted by atomic mass is 9.86. The first kappa shape index (κ1) is 15.9. The van der Waals surface area contributed by atoms with Gasteiger partial charge in [-0.2, -0.15) is 0 Å². The third-order valence-electron chi connectivity index (χ3n) is 4.24. The van der Waals surface area contributed by atoms with Crippen LogP contribution in [-0.4, -0.2) is 48.5 Å². The van der Waals surface area contributed by atoms with Gasteiger partial charge in [0.25, 0.3) is 0 Å². The lowest BCUT2D eigenvalue weighted by Crippen LogP contribution is -2.40. The number of aliphatic carboxylic acids is 1. The van der Waals surface area contributed by atoms with Crippen LogP contribution in [0.3, 0.4) is 0 Å². The zero-order valence-electron chi connectivity index (χ0n) is 11.3. The fourth-order valence-corrected chi connectivity index (χ4v) is 3.99. The molecule has 0 aromatic carbocycles. The molecule has 0 saturated heterocycles. The molecule has 7 heteroatoms. The molecule has 116 valence electrons. The second kappa shape index (κ2) is 6.98. The summed E-state index contributed by atoms with van der Waals surface area (Å²) in [5.41, 5.74) is 0. The molecule has 0 bridgehead atoms. The first-order valence-corrected chi connectivity index (χ1v) is 8.28. The van der Waals surface area contributed by atoms with E-state index in [1.54, 1.807) is 0 Å². The van der Waals surface area contributed by atoms with Crippen molar-refractivity contribution in [3.05, 3.63) is 0 Å². The molecule has 0 radical (unpaired) electrons. The maximum atomic E-state index is 11.2. The van der Waals surface area contributed by atoms with E-state index >= 15 is 0 Å². The van der Waals surface area contributed by atoms with Crippen LogP contribution in [0.4, 0.5) is 0 Å². The smallest absolute Gasteiger partial charge is 0.306 e. The van der Waals surface area contributed by atoms with Crippen LogP contribution < -0.4 is 0 Å². The first-order chi connectivity index (χ1) is 9.45. The van der Waals surface area contributed by atoms with Gasteiger partial charge in [-0.1, -0.05) is 0 Å². The molecule has 0 amide bonds. The maximum Gasteiger partial charge on any atom is 0.306 e. The number of carbonyl (C=O) groups is 1. The highest BCUT2D eigenvalue weighted by Gasteiger charge is 2.37.